The van der Waals surface area contributed by atoms with Gasteiger partial charge < -0.3 is 5.32 Å². The lowest BCUT2D eigenvalue weighted by molar-refractivity contribution is 1.17. The van der Waals surface area contributed by atoms with E-state index >= 15 is 0 Å². The van der Waals surface area contributed by atoms with Crippen LogP contribution in [0.15, 0.2) is 36.8 Å². The summed E-state index contributed by atoms with van der Waals surface area (Å²) in [6.07, 6.45) is 5.05. The molecule has 0 atom stereocenters. The van der Waals surface area contributed by atoms with E-state index in [-0.39, 0.29) is 13.2 Å². The topological polar surface area (TPSA) is 63.6 Å². The first kappa shape index (κ1) is 14.1. The van der Waals surface area contributed by atoms with Crippen molar-refractivity contribution >= 4 is 47.4 Å². The summed E-state index contributed by atoms with van der Waals surface area (Å²) < 4.78 is 0. The highest BCUT2D eigenvalue weighted by Gasteiger charge is 2.13. The largest absolute Gasteiger partial charge is 0.340 e. The molecule has 7 heteroatoms. The third-order valence-corrected chi connectivity index (χ3v) is 4.48. The van der Waals surface area contributed by atoms with Crippen LogP contribution in [0.4, 0.5) is 11.5 Å². The summed E-state index contributed by atoms with van der Waals surface area (Å²) in [6, 6.07) is 5.74. The molecule has 21 heavy (non-hydrogen) atoms. The second-order valence-electron chi connectivity index (χ2n) is 4.62. The molecule has 106 valence electrons. The van der Waals surface area contributed by atoms with Crippen LogP contribution in [-0.4, -0.2) is 33.3 Å². The van der Waals surface area contributed by atoms with Crippen molar-refractivity contribution in [1.29, 1.82) is 0 Å². The van der Waals surface area contributed by atoms with E-state index in [1.54, 1.807) is 24.7 Å². The molecule has 0 aliphatic heterocycles. The lowest BCUT2D eigenvalue weighted by Gasteiger charge is -2.16. The predicted octanol–water partition coefficient (Wildman–Crippen LogP) is 3.18. The maximum atomic E-state index is 5.83. The van der Waals surface area contributed by atoms with Gasteiger partial charge in [0.15, 0.2) is 0 Å². The fourth-order valence-electron chi connectivity index (χ4n) is 2.12. The zero-order valence-electron chi connectivity index (χ0n) is 11.6. The fourth-order valence-corrected chi connectivity index (χ4v) is 3.47. The van der Waals surface area contributed by atoms with Gasteiger partial charge in [-0.15, -0.1) is 0 Å². The predicted molar refractivity (Wildman–Crippen MR) is 88.3 cm³/mol. The summed E-state index contributed by atoms with van der Waals surface area (Å²) in [6.45, 7) is 4.38. The minimum atomic E-state index is -0.361. The van der Waals surface area contributed by atoms with Crippen molar-refractivity contribution in [3.8, 4) is 0 Å². The minimum Gasteiger partial charge on any atom is -0.340 e. The molecule has 0 aliphatic rings. The van der Waals surface area contributed by atoms with Crippen LogP contribution >= 0.6 is 19.5 Å². The Morgan fingerprint density at radius 2 is 1.81 bits per heavy atom. The maximum absolute atomic E-state index is 5.83. The Kier molecular flexibility index (Phi) is 3.95. The fraction of sp³-hybridized carbons (Fsp3) is 0.143. The molecule has 3 aromatic rings. The van der Waals surface area contributed by atoms with Crippen LogP contribution in [-0.2, 0) is 0 Å². The van der Waals surface area contributed by atoms with Gasteiger partial charge >= 0.3 is 0 Å². The number of benzene rings is 1. The zero-order valence-corrected chi connectivity index (χ0v) is 13.2. The second-order valence-corrected chi connectivity index (χ2v) is 7.19. The summed E-state index contributed by atoms with van der Waals surface area (Å²) >= 11 is 5.83. The molecule has 0 saturated carbocycles. The molecule has 0 spiro atoms. The molecule has 2 heterocycles. The smallest absolute Gasteiger partial charge is 0.224 e. The van der Waals surface area contributed by atoms with Crippen LogP contribution < -0.4 is 10.6 Å². The average molecular weight is 318 g/mol. The van der Waals surface area contributed by atoms with Crippen molar-refractivity contribution in [2.75, 3.05) is 18.6 Å². The quantitative estimate of drug-likeness (QED) is 0.594. The molecule has 0 fully saturated rings. The van der Waals surface area contributed by atoms with Crippen LogP contribution in [0.2, 0.25) is 5.28 Å². The van der Waals surface area contributed by atoms with Crippen LogP contribution in [0.3, 0.4) is 0 Å². The summed E-state index contributed by atoms with van der Waals surface area (Å²) in [5.74, 6) is 0.663. The molecule has 1 N–H and O–H groups in total. The van der Waals surface area contributed by atoms with E-state index in [0.29, 0.717) is 5.82 Å². The van der Waals surface area contributed by atoms with Crippen molar-refractivity contribution in [3.05, 3.63) is 42.1 Å². The number of nitrogens with zero attached hydrogens (tertiary/aromatic N) is 4. The molecule has 3 rings (SSSR count). The van der Waals surface area contributed by atoms with Gasteiger partial charge in [-0.2, -0.15) is 0 Å². The van der Waals surface area contributed by atoms with Gasteiger partial charge in [-0.3, -0.25) is 9.97 Å². The SMILES string of the molecule is CP(C)c1c(Nc2ccnc(Cl)n2)ccc2nccnc12. The first-order valence-electron chi connectivity index (χ1n) is 6.32. The number of rotatable bonds is 3. The summed E-state index contributed by atoms with van der Waals surface area (Å²) in [5, 5.41) is 4.69. The first-order valence-corrected chi connectivity index (χ1v) is 8.93. The van der Waals surface area contributed by atoms with Crippen LogP contribution in [0.1, 0.15) is 0 Å². The third kappa shape index (κ3) is 2.94. The molecule has 0 bridgehead atoms. The van der Waals surface area contributed by atoms with Gasteiger partial charge in [0, 0.05) is 29.6 Å². The van der Waals surface area contributed by atoms with E-state index in [1.165, 1.54) is 5.30 Å². The van der Waals surface area contributed by atoms with E-state index in [4.69, 9.17) is 11.6 Å². The molecule has 0 unspecified atom stereocenters. The molecule has 0 aliphatic carbocycles. The lowest BCUT2D eigenvalue weighted by Crippen LogP contribution is -2.11. The van der Waals surface area contributed by atoms with Gasteiger partial charge in [0.05, 0.1) is 11.0 Å². The van der Waals surface area contributed by atoms with Gasteiger partial charge in [-0.05, 0) is 43.1 Å². The number of aromatic nitrogens is 4. The molecule has 1 aromatic carbocycles. The van der Waals surface area contributed by atoms with E-state index in [1.807, 2.05) is 12.1 Å². The van der Waals surface area contributed by atoms with Gasteiger partial charge in [-0.1, -0.05) is 7.92 Å². The van der Waals surface area contributed by atoms with Crippen molar-refractivity contribution in [2.45, 2.75) is 0 Å². The summed E-state index contributed by atoms with van der Waals surface area (Å²) in [7, 11) is -0.361. The molecule has 0 radical (unpaired) electrons. The molecule has 0 saturated heterocycles. The van der Waals surface area contributed by atoms with Crippen LogP contribution in [0.25, 0.3) is 11.0 Å². The highest BCUT2D eigenvalue weighted by molar-refractivity contribution is 7.65. The van der Waals surface area contributed by atoms with Crippen molar-refractivity contribution in [3.63, 3.8) is 0 Å². The second kappa shape index (κ2) is 5.88. The standard InChI is InChI=1S/C14H13ClN5P/c1-21(2)13-10(19-11-5-6-18-14(15)20-11)4-3-9-12(13)17-8-7-16-9/h3-8H,1-2H3,(H,18,19,20). The Balaban J connectivity index is 2.11. The monoisotopic (exact) mass is 317 g/mol. The highest BCUT2D eigenvalue weighted by Crippen LogP contribution is 2.32. The average Bonchev–Trinajstić information content (AvgIpc) is 2.46. The maximum Gasteiger partial charge on any atom is 0.224 e. The highest BCUT2D eigenvalue weighted by atomic mass is 35.5. The molecular weight excluding hydrogens is 305 g/mol. The Morgan fingerprint density at radius 3 is 2.57 bits per heavy atom. The summed E-state index contributed by atoms with van der Waals surface area (Å²) in [4.78, 5) is 16.9. The van der Waals surface area contributed by atoms with Crippen LogP contribution in [0, 0.1) is 0 Å². The third-order valence-electron chi connectivity index (χ3n) is 2.95. The van der Waals surface area contributed by atoms with Crippen molar-refractivity contribution in [2.24, 2.45) is 0 Å². The molecule has 2 aromatic heterocycles. The number of halogens is 1. The normalized spacial score (nSPS) is 11.0. The van der Waals surface area contributed by atoms with Crippen molar-refractivity contribution < 1.29 is 0 Å². The zero-order chi connectivity index (χ0) is 14.8. The lowest BCUT2D eigenvalue weighted by atomic mass is 10.2. The van der Waals surface area contributed by atoms with Gasteiger partial charge in [0.25, 0.3) is 0 Å². The first-order chi connectivity index (χ1) is 10.1. The minimum absolute atomic E-state index is 0.220. The van der Waals surface area contributed by atoms with Crippen LogP contribution in [0.5, 0.6) is 0 Å². The van der Waals surface area contributed by atoms with E-state index in [2.05, 4.69) is 38.6 Å². The molecular formula is C14H13ClN5P. The Bertz CT molecular complexity index is 793. The van der Waals surface area contributed by atoms with Gasteiger partial charge in [0.1, 0.15) is 5.82 Å². The van der Waals surface area contributed by atoms with Crippen molar-refractivity contribution in [1.82, 2.24) is 19.9 Å². The molecule has 0 amide bonds. The Hall–Kier alpha value is -1.84. The summed E-state index contributed by atoms with van der Waals surface area (Å²) in [5.41, 5.74) is 2.81. The van der Waals surface area contributed by atoms with E-state index in [9.17, 15) is 0 Å². The van der Waals surface area contributed by atoms with E-state index < -0.39 is 0 Å². The van der Waals surface area contributed by atoms with E-state index in [0.717, 1.165) is 16.7 Å². The number of fused-ring (bicyclic) bond motifs is 1. The number of anilines is 2. The number of hydrogen-bond acceptors (Lipinski definition) is 5. The number of nitrogens with one attached hydrogen (secondary N) is 1. The molecule has 5 nitrogen and oxygen atoms in total. The number of hydrogen-bond donors (Lipinski definition) is 1. The Labute approximate surface area is 128 Å². The van der Waals surface area contributed by atoms with Gasteiger partial charge in [0.2, 0.25) is 5.28 Å². The Morgan fingerprint density at radius 1 is 1.00 bits per heavy atom. The van der Waals surface area contributed by atoms with Gasteiger partial charge in [-0.25, -0.2) is 9.97 Å².